The molecule has 0 aliphatic rings. The van der Waals surface area contributed by atoms with Crippen LogP contribution in [-0.4, -0.2) is 24.7 Å². The van der Waals surface area contributed by atoms with Gasteiger partial charge in [-0.2, -0.15) is 0 Å². The van der Waals surface area contributed by atoms with Crippen molar-refractivity contribution in [2.24, 2.45) is 5.92 Å². The summed E-state index contributed by atoms with van der Waals surface area (Å²) in [6.45, 7) is 7.82. The normalized spacial score (nSPS) is 14.6. The predicted molar refractivity (Wildman–Crippen MR) is 172 cm³/mol. The largest absolute Gasteiger partial charge is 0.290 e. The summed E-state index contributed by atoms with van der Waals surface area (Å²) >= 11 is 7.61. The van der Waals surface area contributed by atoms with E-state index in [9.17, 15) is 8.42 Å². The van der Waals surface area contributed by atoms with E-state index in [1.54, 1.807) is 24.3 Å². The van der Waals surface area contributed by atoms with E-state index in [0.29, 0.717) is 5.92 Å². The van der Waals surface area contributed by atoms with Crippen LogP contribution in [0.4, 0.5) is 0 Å². The van der Waals surface area contributed by atoms with E-state index in [2.05, 4.69) is 79.4 Å². The quantitative estimate of drug-likeness (QED) is 0.147. The van der Waals surface area contributed by atoms with Crippen LogP contribution in [0.2, 0.25) is 0 Å². The van der Waals surface area contributed by atoms with Gasteiger partial charge in [0.1, 0.15) is 0 Å². The second-order valence-electron chi connectivity index (χ2n) is 11.1. The van der Waals surface area contributed by atoms with Gasteiger partial charge < -0.3 is 0 Å². The lowest BCUT2D eigenvalue weighted by molar-refractivity contribution is 0.146. The molecule has 3 nitrogen and oxygen atoms in total. The Labute approximate surface area is 251 Å². The molecule has 0 saturated heterocycles. The maximum Gasteiger partial charge on any atom is 0.199 e. The first-order valence-corrected chi connectivity index (χ1v) is 16.2. The Morgan fingerprint density at radius 3 is 1.63 bits per heavy atom. The number of halogens is 1. The molecule has 0 N–H and O–H groups in total. The minimum absolute atomic E-state index is 0.0231. The highest BCUT2D eigenvalue weighted by molar-refractivity contribution is 7.94. The molecule has 0 spiro atoms. The van der Waals surface area contributed by atoms with Crippen molar-refractivity contribution in [2.75, 3.05) is 0 Å². The molecule has 0 radical (unpaired) electrons. The maximum atomic E-state index is 13.4. The lowest BCUT2D eigenvalue weighted by Gasteiger charge is -2.39. The van der Waals surface area contributed by atoms with Crippen molar-refractivity contribution >= 4 is 21.4 Å². The Balaban J connectivity index is 1.79. The molecule has 0 saturated carbocycles. The first-order chi connectivity index (χ1) is 19.7. The number of rotatable bonds is 13. The van der Waals surface area contributed by atoms with Gasteiger partial charge in [-0.05, 0) is 48.1 Å². The third-order valence-electron chi connectivity index (χ3n) is 7.39. The van der Waals surface area contributed by atoms with Gasteiger partial charge in [0.05, 0.1) is 10.3 Å². The fourth-order valence-electron chi connectivity index (χ4n) is 5.47. The number of alkyl halides is 1. The van der Waals surface area contributed by atoms with Crippen molar-refractivity contribution in [1.29, 1.82) is 0 Å². The molecule has 0 aliphatic carbocycles. The van der Waals surface area contributed by atoms with Crippen molar-refractivity contribution in [2.45, 2.75) is 62.5 Å². The third kappa shape index (κ3) is 8.65. The minimum atomic E-state index is -3.65. The first-order valence-electron chi connectivity index (χ1n) is 14.2. The molecule has 4 aromatic rings. The molecule has 0 amide bonds. The standard InChI is InChI=1S/C36H40ClNO2S/c1-28(2)24-34(38(25-30-16-8-4-9-17-30)26-31-18-10-5-11-19-31)36(37)35(32-20-12-6-13-21-32)29(3)27-41(39,40)33-22-14-7-15-23-33/h4-23,27-28,34-36H,24-26H2,1-3H3/b29-27-/t34-,35-,36-/m0/s1. The summed E-state index contributed by atoms with van der Waals surface area (Å²) in [5.74, 6) is 0.0956. The summed E-state index contributed by atoms with van der Waals surface area (Å²) in [6, 6.07) is 39.6. The molecular formula is C36H40ClNO2S. The average molecular weight is 586 g/mol. The first kappa shape index (κ1) is 30.8. The van der Waals surface area contributed by atoms with Gasteiger partial charge in [-0.15, -0.1) is 11.6 Å². The fourth-order valence-corrected chi connectivity index (χ4v) is 7.38. The lowest BCUT2D eigenvalue weighted by Crippen LogP contribution is -2.44. The molecule has 4 rings (SSSR count). The molecule has 0 aliphatic heterocycles. The molecule has 4 aromatic carbocycles. The molecule has 41 heavy (non-hydrogen) atoms. The van der Waals surface area contributed by atoms with E-state index >= 15 is 0 Å². The zero-order chi connectivity index (χ0) is 29.2. The summed E-state index contributed by atoms with van der Waals surface area (Å²) in [7, 11) is -3.65. The van der Waals surface area contributed by atoms with Crippen molar-refractivity contribution in [3.05, 3.63) is 149 Å². The highest BCUT2D eigenvalue weighted by Crippen LogP contribution is 2.38. The van der Waals surface area contributed by atoms with Crippen LogP contribution in [-0.2, 0) is 22.9 Å². The van der Waals surface area contributed by atoms with Crippen LogP contribution in [0.3, 0.4) is 0 Å². The Morgan fingerprint density at radius 1 is 0.732 bits per heavy atom. The Morgan fingerprint density at radius 2 is 1.17 bits per heavy atom. The van der Waals surface area contributed by atoms with Crippen LogP contribution in [0.15, 0.2) is 137 Å². The number of allylic oxidation sites excluding steroid dienone is 1. The summed E-state index contributed by atoms with van der Waals surface area (Å²) < 4.78 is 26.9. The summed E-state index contributed by atoms with van der Waals surface area (Å²) in [5.41, 5.74) is 4.18. The van der Waals surface area contributed by atoms with E-state index in [1.165, 1.54) is 16.5 Å². The highest BCUT2D eigenvalue weighted by Gasteiger charge is 2.35. The van der Waals surface area contributed by atoms with E-state index in [1.807, 2.05) is 43.3 Å². The lowest BCUT2D eigenvalue weighted by atomic mass is 9.83. The summed E-state index contributed by atoms with van der Waals surface area (Å²) in [5, 5.41) is 1.04. The van der Waals surface area contributed by atoms with Gasteiger partial charge in [-0.25, -0.2) is 8.42 Å². The van der Waals surface area contributed by atoms with Crippen molar-refractivity contribution < 1.29 is 8.42 Å². The van der Waals surface area contributed by atoms with E-state index in [-0.39, 0.29) is 22.2 Å². The number of benzene rings is 4. The molecule has 0 heterocycles. The number of sulfone groups is 1. The summed E-state index contributed by atoms with van der Waals surface area (Å²) in [6.07, 6.45) is 0.871. The second kappa shape index (κ2) is 14.6. The number of hydrogen-bond donors (Lipinski definition) is 0. The van der Waals surface area contributed by atoms with Gasteiger partial charge in [-0.3, -0.25) is 4.90 Å². The third-order valence-corrected chi connectivity index (χ3v) is 9.54. The second-order valence-corrected chi connectivity index (χ2v) is 13.4. The summed E-state index contributed by atoms with van der Waals surface area (Å²) in [4.78, 5) is 2.75. The smallest absolute Gasteiger partial charge is 0.199 e. The number of nitrogens with zero attached hydrogens (tertiary/aromatic N) is 1. The predicted octanol–water partition coefficient (Wildman–Crippen LogP) is 8.87. The highest BCUT2D eigenvalue weighted by atomic mass is 35.5. The minimum Gasteiger partial charge on any atom is -0.290 e. The Kier molecular flexibility index (Phi) is 11.0. The van der Waals surface area contributed by atoms with Gasteiger partial charge in [0.15, 0.2) is 9.84 Å². The molecule has 5 heteroatoms. The monoisotopic (exact) mass is 585 g/mol. The van der Waals surface area contributed by atoms with Gasteiger partial charge in [-0.1, -0.05) is 129 Å². The topological polar surface area (TPSA) is 37.4 Å². The maximum absolute atomic E-state index is 13.4. The molecule has 0 aromatic heterocycles. The zero-order valence-corrected chi connectivity index (χ0v) is 25.7. The van der Waals surface area contributed by atoms with Crippen LogP contribution < -0.4 is 0 Å². The van der Waals surface area contributed by atoms with Crippen molar-refractivity contribution in [3.8, 4) is 0 Å². The van der Waals surface area contributed by atoms with Gasteiger partial charge in [0, 0.05) is 30.5 Å². The van der Waals surface area contributed by atoms with Gasteiger partial charge in [0.2, 0.25) is 0 Å². The number of hydrogen-bond acceptors (Lipinski definition) is 3. The van der Waals surface area contributed by atoms with Crippen LogP contribution >= 0.6 is 11.6 Å². The van der Waals surface area contributed by atoms with Gasteiger partial charge >= 0.3 is 0 Å². The van der Waals surface area contributed by atoms with Gasteiger partial charge in [0.25, 0.3) is 0 Å². The Hall–Kier alpha value is -3.18. The molecule has 214 valence electrons. The SMILES string of the molecule is C/C(=C/S(=O)(=O)c1ccccc1)[C@@H](c1ccccc1)[C@@H](Cl)[C@H](CC(C)C)N(Cc1ccccc1)Cc1ccccc1. The van der Waals surface area contributed by atoms with E-state index in [4.69, 9.17) is 11.6 Å². The molecule has 0 fully saturated rings. The molecule has 3 atom stereocenters. The molecular weight excluding hydrogens is 546 g/mol. The Bertz CT molecular complexity index is 1430. The van der Waals surface area contributed by atoms with E-state index < -0.39 is 9.84 Å². The van der Waals surface area contributed by atoms with Crippen LogP contribution in [0.5, 0.6) is 0 Å². The molecule has 0 bridgehead atoms. The van der Waals surface area contributed by atoms with Crippen molar-refractivity contribution in [3.63, 3.8) is 0 Å². The molecule has 0 unspecified atom stereocenters. The fraction of sp³-hybridized carbons (Fsp3) is 0.278. The van der Waals surface area contributed by atoms with E-state index in [0.717, 1.165) is 30.6 Å². The zero-order valence-electron chi connectivity index (χ0n) is 24.1. The average Bonchev–Trinajstić information content (AvgIpc) is 2.97. The van der Waals surface area contributed by atoms with Crippen molar-refractivity contribution in [1.82, 2.24) is 4.90 Å². The van der Waals surface area contributed by atoms with Crippen LogP contribution in [0.1, 0.15) is 49.8 Å². The van der Waals surface area contributed by atoms with Crippen LogP contribution in [0, 0.1) is 5.92 Å². The van der Waals surface area contributed by atoms with Crippen LogP contribution in [0.25, 0.3) is 0 Å².